The number of hydrogen-bond donors (Lipinski definition) is 1. The smallest absolute Gasteiger partial charge is 0.417 e. The van der Waals surface area contributed by atoms with Crippen molar-refractivity contribution >= 4 is 6.09 Å². The summed E-state index contributed by atoms with van der Waals surface area (Å²) in [5.74, 6) is 0. The number of amides is 1. The maximum absolute atomic E-state index is 13.0. The Hall–Kier alpha value is -1.87. The molecule has 27 heavy (non-hydrogen) atoms. The first kappa shape index (κ1) is 19.9. The molecule has 3 heterocycles. The molecule has 1 aromatic rings. The first-order valence-corrected chi connectivity index (χ1v) is 8.73. The van der Waals surface area contributed by atoms with Crippen molar-refractivity contribution in [3.05, 3.63) is 29.6 Å². The minimum absolute atomic E-state index is 0.0474. The van der Waals surface area contributed by atoms with Crippen LogP contribution in [0.3, 0.4) is 0 Å². The third kappa shape index (κ3) is 4.19. The van der Waals surface area contributed by atoms with Gasteiger partial charge in [-0.3, -0.25) is 9.88 Å². The molecule has 2 aliphatic heterocycles. The number of rotatable bonds is 1. The van der Waals surface area contributed by atoms with Crippen molar-refractivity contribution in [2.75, 3.05) is 13.2 Å². The van der Waals surface area contributed by atoms with Crippen molar-refractivity contribution < 1.29 is 32.5 Å². The number of hydrogen-bond acceptors (Lipinski definition) is 5. The van der Waals surface area contributed by atoms with Gasteiger partial charge < -0.3 is 14.6 Å². The van der Waals surface area contributed by atoms with Gasteiger partial charge in [0.05, 0.1) is 36.5 Å². The number of halogens is 3. The van der Waals surface area contributed by atoms with Gasteiger partial charge in [-0.05, 0) is 26.8 Å². The van der Waals surface area contributed by atoms with E-state index in [1.165, 1.54) is 6.20 Å². The van der Waals surface area contributed by atoms with Crippen molar-refractivity contribution in [1.29, 1.82) is 0 Å². The maximum atomic E-state index is 13.0. The zero-order chi connectivity index (χ0) is 20.0. The number of alkyl halides is 3. The summed E-state index contributed by atoms with van der Waals surface area (Å²) >= 11 is 0. The van der Waals surface area contributed by atoms with Gasteiger partial charge in [-0.2, -0.15) is 13.2 Å². The fourth-order valence-electron chi connectivity index (χ4n) is 3.67. The molecule has 2 atom stereocenters. The molecule has 2 unspecified atom stereocenters. The van der Waals surface area contributed by atoms with Gasteiger partial charge >= 0.3 is 12.3 Å². The van der Waals surface area contributed by atoms with Gasteiger partial charge in [0.2, 0.25) is 0 Å². The van der Waals surface area contributed by atoms with Gasteiger partial charge in [0.15, 0.2) is 0 Å². The van der Waals surface area contributed by atoms with Crippen LogP contribution in [0.4, 0.5) is 18.0 Å². The van der Waals surface area contributed by atoms with E-state index in [-0.39, 0.29) is 31.6 Å². The minimum atomic E-state index is -4.55. The minimum Gasteiger partial charge on any atom is -0.444 e. The Balaban J connectivity index is 1.86. The Bertz CT molecular complexity index is 703. The van der Waals surface area contributed by atoms with Crippen LogP contribution in [-0.2, 0) is 21.3 Å². The van der Waals surface area contributed by atoms with Crippen molar-refractivity contribution in [3.63, 3.8) is 0 Å². The Kier molecular flexibility index (Phi) is 4.88. The van der Waals surface area contributed by atoms with E-state index >= 15 is 0 Å². The Morgan fingerprint density at radius 2 is 1.85 bits per heavy atom. The average Bonchev–Trinajstić information content (AvgIpc) is 2.51. The fourth-order valence-corrected chi connectivity index (χ4v) is 3.67. The predicted octanol–water partition coefficient (Wildman–Crippen LogP) is 3.09. The van der Waals surface area contributed by atoms with Crippen LogP contribution >= 0.6 is 0 Å². The van der Waals surface area contributed by atoms with Gasteiger partial charge in [0, 0.05) is 30.8 Å². The number of nitrogens with zero attached hydrogens (tertiary/aromatic N) is 2. The highest BCUT2D eigenvalue weighted by molar-refractivity contribution is 5.69. The van der Waals surface area contributed by atoms with Crippen LogP contribution in [0.1, 0.15) is 44.7 Å². The third-order valence-corrected chi connectivity index (χ3v) is 4.76. The number of piperidine rings is 1. The van der Waals surface area contributed by atoms with Gasteiger partial charge in [0.25, 0.3) is 0 Å². The molecular formula is C18H23F3N2O4. The number of carbonyl (C=O) groups is 1. The van der Waals surface area contributed by atoms with Crippen molar-refractivity contribution in [2.24, 2.45) is 0 Å². The number of aliphatic hydroxyl groups is 1. The summed E-state index contributed by atoms with van der Waals surface area (Å²) in [6, 6.07) is -0.0639. The van der Waals surface area contributed by atoms with E-state index in [0.29, 0.717) is 0 Å². The summed E-state index contributed by atoms with van der Waals surface area (Å²) in [5, 5.41) is 11.1. The summed E-state index contributed by atoms with van der Waals surface area (Å²) in [7, 11) is 0. The molecule has 1 amide bonds. The summed E-state index contributed by atoms with van der Waals surface area (Å²) in [4.78, 5) is 17.8. The number of pyridine rings is 1. The molecule has 1 aromatic heterocycles. The van der Waals surface area contributed by atoms with Crippen LogP contribution in [0, 0.1) is 0 Å². The molecule has 6 nitrogen and oxygen atoms in total. The largest absolute Gasteiger partial charge is 0.444 e. The van der Waals surface area contributed by atoms with E-state index in [9.17, 15) is 23.1 Å². The summed E-state index contributed by atoms with van der Waals surface area (Å²) < 4.78 is 50.0. The van der Waals surface area contributed by atoms with Crippen LogP contribution in [0.2, 0.25) is 0 Å². The third-order valence-electron chi connectivity index (χ3n) is 4.76. The molecule has 0 aliphatic carbocycles. The van der Waals surface area contributed by atoms with Gasteiger partial charge in [-0.15, -0.1) is 0 Å². The zero-order valence-corrected chi connectivity index (χ0v) is 15.4. The molecule has 0 saturated carbocycles. The summed E-state index contributed by atoms with van der Waals surface area (Å²) in [6.07, 6.45) is -2.99. The number of aromatic nitrogens is 1. The first-order chi connectivity index (χ1) is 12.4. The van der Waals surface area contributed by atoms with Gasteiger partial charge in [-0.25, -0.2) is 4.79 Å². The van der Waals surface area contributed by atoms with Gasteiger partial charge in [0.1, 0.15) is 5.60 Å². The first-order valence-electron chi connectivity index (χ1n) is 8.73. The van der Waals surface area contributed by atoms with Crippen molar-refractivity contribution in [1.82, 2.24) is 9.88 Å². The standard InChI is InChI=1S/C18H23F3N2O4/c1-16(2,3)27-15(24)23-13-5-17(25,6-14(23)10-26-9-13)11-4-12(8-22-7-11)18(19,20)21/h4,7-8,13-14,25H,5-6,9-10H2,1-3H3. The highest BCUT2D eigenvalue weighted by atomic mass is 19.4. The lowest BCUT2D eigenvalue weighted by molar-refractivity contribution is -0.143. The maximum Gasteiger partial charge on any atom is 0.417 e. The Morgan fingerprint density at radius 1 is 1.26 bits per heavy atom. The summed E-state index contributed by atoms with van der Waals surface area (Å²) in [6.45, 7) is 5.64. The molecule has 1 N–H and O–H groups in total. The lowest BCUT2D eigenvalue weighted by Crippen LogP contribution is -2.63. The molecule has 3 rings (SSSR count). The van der Waals surface area contributed by atoms with Crippen LogP contribution in [-0.4, -0.2) is 52.0 Å². The highest BCUT2D eigenvalue weighted by Gasteiger charge is 2.50. The van der Waals surface area contributed by atoms with Crippen molar-refractivity contribution in [2.45, 2.75) is 63.1 Å². The Labute approximate surface area is 155 Å². The molecular weight excluding hydrogens is 365 g/mol. The molecule has 2 fully saturated rings. The SMILES string of the molecule is CC(C)(C)OC(=O)N1C2COCC1CC(O)(c1cncc(C(F)(F)F)c1)C2. The highest BCUT2D eigenvalue weighted by Crippen LogP contribution is 2.42. The second-order valence-electron chi connectivity index (χ2n) is 8.13. The van der Waals surface area contributed by atoms with E-state index in [1.807, 2.05) is 0 Å². The predicted molar refractivity (Wildman–Crippen MR) is 88.8 cm³/mol. The quantitative estimate of drug-likeness (QED) is 0.801. The molecule has 2 bridgehead atoms. The Morgan fingerprint density at radius 3 is 2.37 bits per heavy atom. The van der Waals surface area contributed by atoms with E-state index in [0.717, 1.165) is 12.3 Å². The monoisotopic (exact) mass is 388 g/mol. The van der Waals surface area contributed by atoms with Crippen LogP contribution in [0.25, 0.3) is 0 Å². The topological polar surface area (TPSA) is 71.9 Å². The molecule has 2 aliphatic rings. The molecule has 2 saturated heterocycles. The van der Waals surface area contributed by atoms with E-state index in [2.05, 4.69) is 4.98 Å². The van der Waals surface area contributed by atoms with Crippen LogP contribution < -0.4 is 0 Å². The molecule has 9 heteroatoms. The lowest BCUT2D eigenvalue weighted by Gasteiger charge is -2.51. The van der Waals surface area contributed by atoms with E-state index < -0.39 is 41.1 Å². The molecule has 150 valence electrons. The van der Waals surface area contributed by atoms with Gasteiger partial charge in [-0.1, -0.05) is 0 Å². The number of ether oxygens (including phenoxy) is 2. The van der Waals surface area contributed by atoms with Crippen LogP contribution in [0.5, 0.6) is 0 Å². The lowest BCUT2D eigenvalue weighted by atomic mass is 9.77. The zero-order valence-electron chi connectivity index (χ0n) is 15.4. The molecule has 0 radical (unpaired) electrons. The summed E-state index contributed by atoms with van der Waals surface area (Å²) in [5.41, 5.74) is -3.01. The number of carbonyl (C=O) groups excluding carboxylic acids is 1. The fraction of sp³-hybridized carbons (Fsp3) is 0.667. The van der Waals surface area contributed by atoms with Crippen LogP contribution in [0.15, 0.2) is 18.5 Å². The normalized spacial score (nSPS) is 28.8. The van der Waals surface area contributed by atoms with E-state index in [1.54, 1.807) is 25.7 Å². The average molecular weight is 388 g/mol. The molecule has 0 aromatic carbocycles. The van der Waals surface area contributed by atoms with Crippen molar-refractivity contribution in [3.8, 4) is 0 Å². The second-order valence-corrected chi connectivity index (χ2v) is 8.13. The number of fused-ring (bicyclic) bond motifs is 2. The number of morpholine rings is 1. The second kappa shape index (κ2) is 6.63. The molecule has 0 spiro atoms. The van der Waals surface area contributed by atoms with E-state index in [4.69, 9.17) is 9.47 Å².